The minimum Gasteiger partial charge on any atom is -0.310 e. The van der Waals surface area contributed by atoms with E-state index in [2.05, 4.69) is 53.4 Å². The fourth-order valence-electron chi connectivity index (χ4n) is 2.66. The van der Waals surface area contributed by atoms with Crippen molar-refractivity contribution in [2.45, 2.75) is 46.7 Å². The summed E-state index contributed by atoms with van der Waals surface area (Å²) in [4.78, 5) is 19.3. The molecule has 0 aliphatic heterocycles. The van der Waals surface area contributed by atoms with Gasteiger partial charge < -0.3 is 10.3 Å². The van der Waals surface area contributed by atoms with Gasteiger partial charge in [-0.3, -0.25) is 4.79 Å². The Morgan fingerprint density at radius 3 is 2.24 bits per heavy atom. The third-order valence-electron chi connectivity index (χ3n) is 3.77. The van der Waals surface area contributed by atoms with Crippen LogP contribution in [0.4, 0.5) is 0 Å². The molecule has 2 N–H and O–H groups in total. The van der Waals surface area contributed by atoms with Crippen LogP contribution < -0.4 is 10.9 Å². The van der Waals surface area contributed by atoms with Crippen LogP contribution in [0.3, 0.4) is 0 Å². The molecular formula is C17H23N3O. The zero-order chi connectivity index (χ0) is 15.6. The van der Waals surface area contributed by atoms with Crippen molar-refractivity contribution < 1.29 is 0 Å². The summed E-state index contributed by atoms with van der Waals surface area (Å²) in [7, 11) is 0. The smallest absolute Gasteiger partial charge is 0.255 e. The maximum atomic E-state index is 12.1. The van der Waals surface area contributed by atoms with Crippen LogP contribution in [0.2, 0.25) is 0 Å². The first-order valence-corrected chi connectivity index (χ1v) is 7.28. The SMILES string of the molecule is Cc1ccc([C@H](C)NC(C)c2c(C)nc(C)[nH]c2=O)cc1. The molecule has 21 heavy (non-hydrogen) atoms. The number of aromatic nitrogens is 2. The average molecular weight is 285 g/mol. The third-order valence-corrected chi connectivity index (χ3v) is 3.77. The highest BCUT2D eigenvalue weighted by Crippen LogP contribution is 2.19. The maximum absolute atomic E-state index is 12.1. The normalized spacial score (nSPS) is 14.0. The number of aryl methyl sites for hydroxylation is 3. The standard InChI is InChI=1S/C17H23N3O/c1-10-6-8-15(9-7-10)11(2)18-12(3)16-13(4)19-14(5)20-17(16)21/h6-9,11-12,18H,1-5H3,(H,19,20,21)/t11-,12?/m0/s1. The molecular weight excluding hydrogens is 262 g/mol. The second-order valence-corrected chi connectivity index (χ2v) is 5.67. The van der Waals surface area contributed by atoms with Crippen LogP contribution in [0.1, 0.15) is 54.1 Å². The first-order valence-electron chi connectivity index (χ1n) is 7.28. The first kappa shape index (κ1) is 15.4. The Bertz CT molecular complexity index is 673. The van der Waals surface area contributed by atoms with Crippen LogP contribution in [0, 0.1) is 20.8 Å². The van der Waals surface area contributed by atoms with E-state index < -0.39 is 0 Å². The van der Waals surface area contributed by atoms with Gasteiger partial charge in [0, 0.05) is 17.8 Å². The number of nitrogens with one attached hydrogen (secondary N) is 2. The fraction of sp³-hybridized carbons (Fsp3) is 0.412. The third kappa shape index (κ3) is 3.58. The maximum Gasteiger partial charge on any atom is 0.255 e. The van der Waals surface area contributed by atoms with Gasteiger partial charge in [0.25, 0.3) is 5.56 Å². The summed E-state index contributed by atoms with van der Waals surface area (Å²) in [6.07, 6.45) is 0. The van der Waals surface area contributed by atoms with Gasteiger partial charge in [-0.15, -0.1) is 0 Å². The molecule has 2 atom stereocenters. The number of hydrogen-bond acceptors (Lipinski definition) is 3. The molecule has 1 heterocycles. The highest BCUT2D eigenvalue weighted by molar-refractivity contribution is 5.25. The Hall–Kier alpha value is -1.94. The van der Waals surface area contributed by atoms with Crippen LogP contribution >= 0.6 is 0 Å². The predicted molar refractivity (Wildman–Crippen MR) is 85.5 cm³/mol. The second-order valence-electron chi connectivity index (χ2n) is 5.67. The molecule has 1 aromatic carbocycles. The summed E-state index contributed by atoms with van der Waals surface area (Å²) in [6, 6.07) is 8.54. The molecule has 2 aromatic rings. The summed E-state index contributed by atoms with van der Waals surface area (Å²) >= 11 is 0. The summed E-state index contributed by atoms with van der Waals surface area (Å²) in [5.41, 5.74) is 3.89. The van der Waals surface area contributed by atoms with Crippen molar-refractivity contribution in [1.29, 1.82) is 0 Å². The lowest BCUT2D eigenvalue weighted by atomic mass is 10.0. The lowest BCUT2D eigenvalue weighted by Crippen LogP contribution is -2.29. The number of H-pyrrole nitrogens is 1. The van der Waals surface area contributed by atoms with Crippen LogP contribution in [-0.2, 0) is 0 Å². The summed E-state index contributed by atoms with van der Waals surface area (Å²) < 4.78 is 0. The van der Waals surface area contributed by atoms with Gasteiger partial charge in [0.2, 0.25) is 0 Å². The molecule has 0 fully saturated rings. The van der Waals surface area contributed by atoms with Crippen molar-refractivity contribution in [3.8, 4) is 0 Å². The van der Waals surface area contributed by atoms with Crippen molar-refractivity contribution in [2.75, 3.05) is 0 Å². The lowest BCUT2D eigenvalue weighted by Gasteiger charge is -2.21. The predicted octanol–water partition coefficient (Wildman–Crippen LogP) is 3.11. The van der Waals surface area contributed by atoms with E-state index in [1.807, 2.05) is 13.8 Å². The number of nitrogens with zero attached hydrogens (tertiary/aromatic N) is 1. The Morgan fingerprint density at radius 2 is 1.67 bits per heavy atom. The van der Waals surface area contributed by atoms with Crippen molar-refractivity contribution in [3.63, 3.8) is 0 Å². The highest BCUT2D eigenvalue weighted by Gasteiger charge is 2.17. The van der Waals surface area contributed by atoms with E-state index in [4.69, 9.17) is 0 Å². The molecule has 4 heteroatoms. The summed E-state index contributed by atoms with van der Waals surface area (Å²) in [6.45, 7) is 9.86. The van der Waals surface area contributed by atoms with E-state index in [1.54, 1.807) is 6.92 Å². The zero-order valence-electron chi connectivity index (χ0n) is 13.3. The van der Waals surface area contributed by atoms with E-state index >= 15 is 0 Å². The number of hydrogen-bond donors (Lipinski definition) is 2. The fourth-order valence-corrected chi connectivity index (χ4v) is 2.66. The van der Waals surface area contributed by atoms with E-state index in [9.17, 15) is 4.79 Å². The van der Waals surface area contributed by atoms with Crippen molar-refractivity contribution in [1.82, 2.24) is 15.3 Å². The Labute approximate surface area is 125 Å². The van der Waals surface area contributed by atoms with Crippen LogP contribution in [-0.4, -0.2) is 9.97 Å². The second kappa shape index (κ2) is 6.22. The van der Waals surface area contributed by atoms with Gasteiger partial charge in [-0.2, -0.15) is 0 Å². The highest BCUT2D eigenvalue weighted by atomic mass is 16.1. The lowest BCUT2D eigenvalue weighted by molar-refractivity contribution is 0.487. The minimum atomic E-state index is -0.0592. The molecule has 0 bridgehead atoms. The van der Waals surface area contributed by atoms with Gasteiger partial charge in [0.05, 0.1) is 5.56 Å². The first-order chi connectivity index (χ1) is 9.88. The molecule has 0 amide bonds. The average Bonchev–Trinajstić information content (AvgIpc) is 2.37. The van der Waals surface area contributed by atoms with Crippen molar-refractivity contribution in [2.24, 2.45) is 0 Å². The molecule has 0 saturated heterocycles. The van der Waals surface area contributed by atoms with Gasteiger partial charge in [-0.1, -0.05) is 29.8 Å². The Balaban J connectivity index is 2.20. The summed E-state index contributed by atoms with van der Waals surface area (Å²) in [5, 5.41) is 3.47. The quantitative estimate of drug-likeness (QED) is 0.907. The van der Waals surface area contributed by atoms with Gasteiger partial charge in [-0.25, -0.2) is 4.98 Å². The van der Waals surface area contributed by atoms with E-state index in [0.29, 0.717) is 11.4 Å². The van der Waals surface area contributed by atoms with Crippen molar-refractivity contribution in [3.05, 3.63) is 62.8 Å². The molecule has 2 rings (SSSR count). The van der Waals surface area contributed by atoms with Gasteiger partial charge >= 0.3 is 0 Å². The van der Waals surface area contributed by atoms with E-state index in [1.165, 1.54) is 11.1 Å². The van der Waals surface area contributed by atoms with Gasteiger partial charge in [-0.05, 0) is 40.2 Å². The van der Waals surface area contributed by atoms with Crippen LogP contribution in [0.25, 0.3) is 0 Å². The summed E-state index contributed by atoms with van der Waals surface area (Å²) in [5.74, 6) is 0.653. The minimum absolute atomic E-state index is 0.0573. The number of rotatable bonds is 4. The van der Waals surface area contributed by atoms with E-state index in [0.717, 1.165) is 5.69 Å². The molecule has 1 aromatic heterocycles. The zero-order valence-corrected chi connectivity index (χ0v) is 13.3. The number of aromatic amines is 1. The van der Waals surface area contributed by atoms with Crippen LogP contribution in [0.15, 0.2) is 29.1 Å². The molecule has 0 radical (unpaired) electrons. The molecule has 4 nitrogen and oxygen atoms in total. The van der Waals surface area contributed by atoms with E-state index in [-0.39, 0.29) is 17.6 Å². The van der Waals surface area contributed by atoms with Gasteiger partial charge in [0.1, 0.15) is 5.82 Å². The van der Waals surface area contributed by atoms with Crippen molar-refractivity contribution >= 4 is 0 Å². The Morgan fingerprint density at radius 1 is 1.05 bits per heavy atom. The molecule has 0 saturated carbocycles. The molecule has 0 aliphatic carbocycles. The van der Waals surface area contributed by atoms with Gasteiger partial charge in [0.15, 0.2) is 0 Å². The molecule has 1 unspecified atom stereocenters. The largest absolute Gasteiger partial charge is 0.310 e. The van der Waals surface area contributed by atoms with Crippen LogP contribution in [0.5, 0.6) is 0 Å². The Kier molecular flexibility index (Phi) is 4.58. The monoisotopic (exact) mass is 285 g/mol. The molecule has 0 aliphatic rings. The molecule has 112 valence electrons. The topological polar surface area (TPSA) is 57.8 Å². The number of benzene rings is 1. The molecule has 0 spiro atoms.